The minimum absolute atomic E-state index is 1.09. The molecule has 1 aromatic heterocycles. The Morgan fingerprint density at radius 3 is 1.48 bits per heavy atom. The van der Waals surface area contributed by atoms with E-state index in [1.54, 1.807) is 0 Å². The van der Waals surface area contributed by atoms with Gasteiger partial charge in [0.1, 0.15) is 0 Å². The lowest BCUT2D eigenvalue weighted by Gasteiger charge is -2.26. The first-order valence-corrected chi connectivity index (χ1v) is 19.9. The molecule has 2 heteroatoms. The zero-order valence-corrected chi connectivity index (χ0v) is 31.8. The number of hydrogen-bond acceptors (Lipinski definition) is 1. The molecule has 0 amide bonds. The zero-order valence-electron chi connectivity index (χ0n) is 31.8. The van der Waals surface area contributed by atoms with E-state index in [1.165, 1.54) is 71.2 Å². The van der Waals surface area contributed by atoms with Crippen molar-refractivity contribution in [2.45, 2.75) is 0 Å². The molecule has 0 saturated heterocycles. The quantitative estimate of drug-likeness (QED) is 0.148. The van der Waals surface area contributed by atoms with E-state index in [9.17, 15) is 0 Å². The highest BCUT2D eigenvalue weighted by atomic mass is 15.1. The molecule has 272 valence electrons. The molecule has 0 spiro atoms. The molecular formula is C56H38N2. The van der Waals surface area contributed by atoms with Crippen LogP contribution >= 0.6 is 0 Å². The topological polar surface area (TPSA) is 8.17 Å². The molecule has 0 atom stereocenters. The molecule has 10 aromatic carbocycles. The number of fused-ring (bicyclic) bond motifs is 6. The SMILES string of the molecule is c1ccc(-c2cccc(N(c3ccc(-c4ccccc4-n4c5ccccc5c5ccccc54)cc3)c3ccc(-c4cc5ccccc5c5ccccc45)cc3)c2)cc1. The van der Waals surface area contributed by atoms with Gasteiger partial charge in [0.15, 0.2) is 0 Å². The third-order valence-electron chi connectivity index (χ3n) is 11.6. The molecule has 2 nitrogen and oxygen atoms in total. The van der Waals surface area contributed by atoms with Crippen LogP contribution in [0.25, 0.3) is 82.4 Å². The Hall–Kier alpha value is -7.68. The van der Waals surface area contributed by atoms with Gasteiger partial charge in [0, 0.05) is 33.4 Å². The number of aromatic nitrogens is 1. The van der Waals surface area contributed by atoms with Crippen molar-refractivity contribution in [3.05, 3.63) is 231 Å². The fourth-order valence-corrected chi connectivity index (χ4v) is 8.87. The predicted molar refractivity (Wildman–Crippen MR) is 247 cm³/mol. The Labute approximate surface area is 338 Å². The molecule has 0 radical (unpaired) electrons. The highest BCUT2D eigenvalue weighted by Crippen LogP contribution is 2.41. The van der Waals surface area contributed by atoms with Gasteiger partial charge < -0.3 is 9.47 Å². The van der Waals surface area contributed by atoms with E-state index in [0.717, 1.165) is 28.3 Å². The number of benzene rings is 10. The van der Waals surface area contributed by atoms with Gasteiger partial charge in [-0.05, 0) is 110 Å². The minimum atomic E-state index is 1.09. The van der Waals surface area contributed by atoms with Gasteiger partial charge in [0.2, 0.25) is 0 Å². The van der Waals surface area contributed by atoms with Crippen molar-refractivity contribution in [2.75, 3.05) is 4.90 Å². The van der Waals surface area contributed by atoms with Gasteiger partial charge in [-0.3, -0.25) is 0 Å². The highest BCUT2D eigenvalue weighted by Gasteiger charge is 2.18. The van der Waals surface area contributed by atoms with Crippen molar-refractivity contribution in [2.24, 2.45) is 0 Å². The fourth-order valence-electron chi connectivity index (χ4n) is 8.87. The van der Waals surface area contributed by atoms with E-state index >= 15 is 0 Å². The molecule has 58 heavy (non-hydrogen) atoms. The summed E-state index contributed by atoms with van der Waals surface area (Å²) in [6.07, 6.45) is 0. The average Bonchev–Trinajstić information content (AvgIpc) is 3.64. The van der Waals surface area contributed by atoms with Gasteiger partial charge in [-0.1, -0.05) is 170 Å². The molecule has 0 saturated carbocycles. The summed E-state index contributed by atoms with van der Waals surface area (Å²) in [5.74, 6) is 0. The summed E-state index contributed by atoms with van der Waals surface area (Å²) in [4.78, 5) is 2.37. The van der Waals surface area contributed by atoms with E-state index in [-0.39, 0.29) is 0 Å². The molecule has 0 unspecified atom stereocenters. The van der Waals surface area contributed by atoms with Crippen LogP contribution < -0.4 is 4.90 Å². The first-order valence-electron chi connectivity index (χ1n) is 19.9. The maximum absolute atomic E-state index is 2.41. The van der Waals surface area contributed by atoms with Crippen molar-refractivity contribution in [1.82, 2.24) is 4.57 Å². The molecule has 0 aliphatic carbocycles. The fraction of sp³-hybridized carbons (Fsp3) is 0. The van der Waals surface area contributed by atoms with Crippen LogP contribution in [0.1, 0.15) is 0 Å². The van der Waals surface area contributed by atoms with Crippen LogP contribution in [0.2, 0.25) is 0 Å². The van der Waals surface area contributed by atoms with E-state index in [0.29, 0.717) is 0 Å². The lowest BCUT2D eigenvalue weighted by molar-refractivity contribution is 1.18. The first-order chi connectivity index (χ1) is 28.8. The second-order valence-corrected chi connectivity index (χ2v) is 14.9. The summed E-state index contributed by atoms with van der Waals surface area (Å²) in [5, 5.41) is 7.59. The van der Waals surface area contributed by atoms with Gasteiger partial charge >= 0.3 is 0 Å². The molecule has 0 aliphatic rings. The van der Waals surface area contributed by atoms with Gasteiger partial charge in [-0.15, -0.1) is 0 Å². The lowest BCUT2D eigenvalue weighted by atomic mass is 9.93. The number of anilines is 3. The van der Waals surface area contributed by atoms with E-state index in [4.69, 9.17) is 0 Å². The summed E-state index contributed by atoms with van der Waals surface area (Å²) in [6, 6.07) is 83.6. The summed E-state index contributed by atoms with van der Waals surface area (Å²) >= 11 is 0. The van der Waals surface area contributed by atoms with Crippen LogP contribution in [0, 0.1) is 0 Å². The Bertz CT molecular complexity index is 3210. The van der Waals surface area contributed by atoms with Crippen LogP contribution in [0.15, 0.2) is 231 Å². The Kier molecular flexibility index (Phi) is 8.19. The minimum Gasteiger partial charge on any atom is -0.310 e. The molecule has 11 rings (SSSR count). The van der Waals surface area contributed by atoms with Crippen molar-refractivity contribution in [1.29, 1.82) is 0 Å². The number of para-hydroxylation sites is 3. The zero-order chi connectivity index (χ0) is 38.4. The van der Waals surface area contributed by atoms with E-state index < -0.39 is 0 Å². The third kappa shape index (κ3) is 5.74. The summed E-state index contributed by atoms with van der Waals surface area (Å²) in [7, 11) is 0. The van der Waals surface area contributed by atoms with Gasteiger partial charge in [-0.25, -0.2) is 0 Å². The van der Waals surface area contributed by atoms with E-state index in [1.807, 2.05) is 0 Å². The molecular weight excluding hydrogens is 701 g/mol. The van der Waals surface area contributed by atoms with Crippen molar-refractivity contribution in [3.63, 3.8) is 0 Å². The molecule has 0 N–H and O–H groups in total. The standard InChI is InChI=1S/C56H38N2/c1-2-15-39(16-3-1)42-18-14-19-46(37-42)57(45-35-31-41(32-36-45)53-38-43-17-4-5-20-47(43)49-22-6-7-23-50(49)53)44-33-29-40(30-34-44)48-21-8-11-26-54(48)58-55-27-12-9-24-51(55)52-25-10-13-28-56(52)58/h1-38H. The molecule has 0 fully saturated rings. The van der Waals surface area contributed by atoms with Gasteiger partial charge in [0.25, 0.3) is 0 Å². The molecule has 1 heterocycles. The van der Waals surface area contributed by atoms with Gasteiger partial charge in [0.05, 0.1) is 16.7 Å². The average molecular weight is 739 g/mol. The maximum Gasteiger partial charge on any atom is 0.0541 e. The second-order valence-electron chi connectivity index (χ2n) is 14.9. The van der Waals surface area contributed by atoms with Gasteiger partial charge in [-0.2, -0.15) is 0 Å². The van der Waals surface area contributed by atoms with Crippen LogP contribution in [0.5, 0.6) is 0 Å². The summed E-state index contributed by atoms with van der Waals surface area (Å²) in [5.41, 5.74) is 14.0. The van der Waals surface area contributed by atoms with Crippen LogP contribution in [-0.2, 0) is 0 Å². The van der Waals surface area contributed by atoms with Crippen LogP contribution in [-0.4, -0.2) is 4.57 Å². The van der Waals surface area contributed by atoms with Crippen LogP contribution in [0.3, 0.4) is 0 Å². The van der Waals surface area contributed by atoms with Crippen molar-refractivity contribution in [3.8, 4) is 39.1 Å². The van der Waals surface area contributed by atoms with E-state index in [2.05, 4.69) is 240 Å². The Morgan fingerprint density at radius 2 is 0.793 bits per heavy atom. The lowest BCUT2D eigenvalue weighted by Crippen LogP contribution is -2.10. The van der Waals surface area contributed by atoms with Crippen molar-refractivity contribution < 1.29 is 0 Å². The second kappa shape index (κ2) is 14.1. The highest BCUT2D eigenvalue weighted by molar-refractivity contribution is 6.14. The predicted octanol–water partition coefficient (Wildman–Crippen LogP) is 15.6. The molecule has 0 aliphatic heterocycles. The monoisotopic (exact) mass is 738 g/mol. The number of nitrogens with zero attached hydrogens (tertiary/aromatic N) is 2. The third-order valence-corrected chi connectivity index (χ3v) is 11.6. The summed E-state index contributed by atoms with van der Waals surface area (Å²) < 4.78 is 2.41. The smallest absolute Gasteiger partial charge is 0.0541 e. The largest absolute Gasteiger partial charge is 0.310 e. The molecule has 0 bridgehead atoms. The Morgan fingerprint density at radius 1 is 0.276 bits per heavy atom. The summed E-state index contributed by atoms with van der Waals surface area (Å²) in [6.45, 7) is 0. The molecule has 11 aromatic rings. The normalized spacial score (nSPS) is 11.4. The number of hydrogen-bond donors (Lipinski definition) is 0. The van der Waals surface area contributed by atoms with Crippen molar-refractivity contribution >= 4 is 60.4 Å². The first kappa shape index (κ1) is 33.6. The maximum atomic E-state index is 2.41. The Balaban J connectivity index is 1.03. The number of rotatable bonds is 7. The van der Waals surface area contributed by atoms with Crippen LogP contribution in [0.4, 0.5) is 17.1 Å².